The molecule has 4 atom stereocenters. The van der Waals surface area contributed by atoms with Crippen LogP contribution in [0.2, 0.25) is 5.02 Å². The quantitative estimate of drug-likeness (QED) is 0.656. The molecule has 2 aliphatic rings. The standard InChI is InChI=1S/C21H20ClF3N4O/c22-15-5-6-18-26-27-19(29(18)11-15)20(30)28-9-13-7-12(8-14(13)10-28)16-3-1-2-4-17(16)21(23,24)25/h1-6,11-14,20,30H,7-10H2/t12?,13-,14+,20?. The van der Waals surface area contributed by atoms with E-state index in [4.69, 9.17) is 11.6 Å². The zero-order valence-corrected chi connectivity index (χ0v) is 16.7. The van der Waals surface area contributed by atoms with Crippen molar-refractivity contribution in [2.24, 2.45) is 11.8 Å². The number of pyridine rings is 1. The van der Waals surface area contributed by atoms with Crippen molar-refractivity contribution in [1.29, 1.82) is 0 Å². The van der Waals surface area contributed by atoms with Crippen LogP contribution >= 0.6 is 11.6 Å². The summed E-state index contributed by atoms with van der Waals surface area (Å²) in [6.45, 7) is 1.23. The summed E-state index contributed by atoms with van der Waals surface area (Å²) in [4.78, 5) is 1.93. The molecule has 1 N–H and O–H groups in total. The van der Waals surface area contributed by atoms with Crippen LogP contribution < -0.4 is 0 Å². The molecule has 2 aromatic heterocycles. The molecule has 2 fully saturated rings. The van der Waals surface area contributed by atoms with Gasteiger partial charge in [0.2, 0.25) is 0 Å². The minimum Gasteiger partial charge on any atom is -0.371 e. The summed E-state index contributed by atoms with van der Waals surface area (Å²) in [5, 5.41) is 19.6. The number of hydrogen-bond donors (Lipinski definition) is 1. The van der Waals surface area contributed by atoms with E-state index in [1.807, 2.05) is 4.90 Å². The Hall–Kier alpha value is -2.16. The summed E-state index contributed by atoms with van der Waals surface area (Å²) in [7, 11) is 0. The SMILES string of the molecule is OC(c1nnc2ccc(Cl)cn12)N1C[C@H]2CC(c3ccccc3C(F)(F)F)C[C@H]2C1. The van der Waals surface area contributed by atoms with Gasteiger partial charge < -0.3 is 5.11 Å². The lowest BCUT2D eigenvalue weighted by atomic mass is 9.91. The summed E-state index contributed by atoms with van der Waals surface area (Å²) in [6.07, 6.45) is -2.24. The van der Waals surface area contributed by atoms with Gasteiger partial charge in [-0.1, -0.05) is 29.8 Å². The van der Waals surface area contributed by atoms with Crippen molar-refractivity contribution >= 4 is 17.2 Å². The Bertz CT molecular complexity index is 1070. The molecule has 2 unspecified atom stereocenters. The second-order valence-corrected chi connectivity index (χ2v) is 8.67. The number of nitrogens with zero attached hydrogens (tertiary/aromatic N) is 4. The Morgan fingerprint density at radius 2 is 1.73 bits per heavy atom. The summed E-state index contributed by atoms with van der Waals surface area (Å²) in [6, 6.07) is 9.33. The first-order chi connectivity index (χ1) is 14.3. The smallest absolute Gasteiger partial charge is 0.371 e. The van der Waals surface area contributed by atoms with E-state index in [9.17, 15) is 18.3 Å². The first-order valence-corrected chi connectivity index (χ1v) is 10.3. The first kappa shape index (κ1) is 19.8. The van der Waals surface area contributed by atoms with Crippen LogP contribution in [0.4, 0.5) is 13.2 Å². The molecule has 5 rings (SSSR count). The summed E-state index contributed by atoms with van der Waals surface area (Å²) in [5.74, 6) is 0.777. The minimum atomic E-state index is -4.34. The van der Waals surface area contributed by atoms with E-state index in [1.165, 1.54) is 12.1 Å². The normalized spacial score (nSPS) is 25.7. The maximum Gasteiger partial charge on any atom is 0.416 e. The fourth-order valence-corrected chi connectivity index (χ4v) is 5.28. The van der Waals surface area contributed by atoms with Crippen molar-refractivity contribution in [2.75, 3.05) is 13.1 Å². The average Bonchev–Trinajstić information content (AvgIpc) is 3.39. The Kier molecular flexibility index (Phi) is 4.76. The van der Waals surface area contributed by atoms with Crippen LogP contribution in [0, 0.1) is 11.8 Å². The number of likely N-dealkylation sites (tertiary alicyclic amines) is 1. The molecule has 0 radical (unpaired) electrons. The Labute approximate surface area is 176 Å². The number of benzene rings is 1. The third kappa shape index (κ3) is 3.36. The van der Waals surface area contributed by atoms with E-state index in [2.05, 4.69) is 10.2 Å². The Morgan fingerprint density at radius 1 is 1.03 bits per heavy atom. The molecular formula is C21H20ClF3N4O. The van der Waals surface area contributed by atoms with Gasteiger partial charge in [-0.05, 0) is 54.4 Å². The lowest BCUT2D eigenvalue weighted by Crippen LogP contribution is -2.29. The van der Waals surface area contributed by atoms with Crippen LogP contribution in [0.3, 0.4) is 0 Å². The average molecular weight is 437 g/mol. The first-order valence-electron chi connectivity index (χ1n) is 9.89. The highest BCUT2D eigenvalue weighted by molar-refractivity contribution is 6.30. The van der Waals surface area contributed by atoms with Gasteiger partial charge in [-0.2, -0.15) is 13.2 Å². The third-order valence-corrected chi connectivity index (χ3v) is 6.68. The van der Waals surface area contributed by atoms with Gasteiger partial charge in [0, 0.05) is 19.3 Å². The van der Waals surface area contributed by atoms with Crippen LogP contribution in [0.1, 0.15) is 41.9 Å². The lowest BCUT2D eigenvalue weighted by Gasteiger charge is -2.24. The predicted octanol–water partition coefficient (Wildman–Crippen LogP) is 4.52. The van der Waals surface area contributed by atoms with E-state index in [-0.39, 0.29) is 17.8 Å². The topological polar surface area (TPSA) is 53.7 Å². The molecule has 0 bridgehead atoms. The second kappa shape index (κ2) is 7.21. The molecule has 5 nitrogen and oxygen atoms in total. The van der Waals surface area contributed by atoms with E-state index in [0.717, 1.165) is 0 Å². The minimum absolute atomic E-state index is 0.107. The zero-order chi connectivity index (χ0) is 21.0. The summed E-state index contributed by atoms with van der Waals surface area (Å²) < 4.78 is 41.9. The fraction of sp³-hybridized carbons (Fsp3) is 0.429. The van der Waals surface area contributed by atoms with E-state index >= 15 is 0 Å². The molecular weight excluding hydrogens is 417 g/mol. The van der Waals surface area contributed by atoms with Crippen LogP contribution in [0.15, 0.2) is 42.6 Å². The molecule has 0 spiro atoms. The Balaban J connectivity index is 1.32. The molecule has 1 saturated heterocycles. The van der Waals surface area contributed by atoms with Gasteiger partial charge in [0.05, 0.1) is 10.6 Å². The molecule has 0 amide bonds. The number of alkyl halides is 3. The highest BCUT2D eigenvalue weighted by atomic mass is 35.5. The Morgan fingerprint density at radius 3 is 2.43 bits per heavy atom. The number of aliphatic hydroxyl groups is 1. The molecule has 3 heterocycles. The van der Waals surface area contributed by atoms with Crippen molar-refractivity contribution in [1.82, 2.24) is 19.5 Å². The molecule has 3 aromatic rings. The van der Waals surface area contributed by atoms with Crippen LogP contribution in [-0.2, 0) is 6.18 Å². The van der Waals surface area contributed by atoms with Crippen molar-refractivity contribution in [3.05, 3.63) is 64.6 Å². The highest BCUT2D eigenvalue weighted by Crippen LogP contribution is 2.49. The molecule has 1 aromatic carbocycles. The van der Waals surface area contributed by atoms with Crippen LogP contribution in [0.25, 0.3) is 5.65 Å². The van der Waals surface area contributed by atoms with Crippen molar-refractivity contribution in [3.8, 4) is 0 Å². The second-order valence-electron chi connectivity index (χ2n) is 8.23. The fourth-order valence-electron chi connectivity index (χ4n) is 5.12. The van der Waals surface area contributed by atoms with E-state index in [1.54, 1.807) is 34.9 Å². The number of rotatable bonds is 3. The van der Waals surface area contributed by atoms with Crippen molar-refractivity contribution < 1.29 is 18.3 Å². The molecule has 1 aliphatic heterocycles. The predicted molar refractivity (Wildman–Crippen MR) is 105 cm³/mol. The largest absolute Gasteiger partial charge is 0.416 e. The lowest BCUT2D eigenvalue weighted by molar-refractivity contribution is -0.138. The maximum absolute atomic E-state index is 13.4. The van der Waals surface area contributed by atoms with E-state index < -0.39 is 18.0 Å². The van der Waals surface area contributed by atoms with Gasteiger partial charge in [-0.15, -0.1) is 10.2 Å². The van der Waals surface area contributed by atoms with Gasteiger partial charge in [-0.25, -0.2) is 0 Å². The molecule has 158 valence electrons. The number of aliphatic hydroxyl groups excluding tert-OH is 1. The summed E-state index contributed by atoms with van der Waals surface area (Å²) >= 11 is 6.06. The van der Waals surface area contributed by atoms with Crippen LogP contribution in [0.5, 0.6) is 0 Å². The molecule has 1 aliphatic carbocycles. The third-order valence-electron chi connectivity index (χ3n) is 6.45. The van der Waals surface area contributed by atoms with Crippen molar-refractivity contribution in [3.63, 3.8) is 0 Å². The number of aromatic nitrogens is 3. The van der Waals surface area contributed by atoms with Gasteiger partial charge in [-0.3, -0.25) is 9.30 Å². The molecule has 9 heteroatoms. The monoisotopic (exact) mass is 436 g/mol. The number of halogens is 4. The highest BCUT2D eigenvalue weighted by Gasteiger charge is 2.45. The van der Waals surface area contributed by atoms with E-state index in [0.29, 0.717) is 48.0 Å². The summed E-state index contributed by atoms with van der Waals surface area (Å²) in [5.41, 5.74) is 0.458. The van der Waals surface area contributed by atoms with Gasteiger partial charge in [0.25, 0.3) is 0 Å². The van der Waals surface area contributed by atoms with Crippen molar-refractivity contribution in [2.45, 2.75) is 31.2 Å². The zero-order valence-electron chi connectivity index (χ0n) is 15.9. The molecule has 30 heavy (non-hydrogen) atoms. The van der Waals surface area contributed by atoms with Gasteiger partial charge in [0.15, 0.2) is 17.7 Å². The maximum atomic E-state index is 13.4. The molecule has 1 saturated carbocycles. The van der Waals surface area contributed by atoms with Crippen LogP contribution in [-0.4, -0.2) is 37.7 Å². The van der Waals surface area contributed by atoms with Gasteiger partial charge in [0.1, 0.15) is 0 Å². The number of hydrogen-bond acceptors (Lipinski definition) is 4. The number of fused-ring (bicyclic) bond motifs is 2. The van der Waals surface area contributed by atoms with Gasteiger partial charge >= 0.3 is 6.18 Å².